The van der Waals surface area contributed by atoms with Crippen molar-refractivity contribution in [3.05, 3.63) is 75.9 Å². The summed E-state index contributed by atoms with van der Waals surface area (Å²) in [4.78, 5) is 38.9. The van der Waals surface area contributed by atoms with Gasteiger partial charge in [-0.3, -0.25) is 19.3 Å². The fraction of sp³-hybridized carbons (Fsp3) is 0.261. The van der Waals surface area contributed by atoms with E-state index in [9.17, 15) is 18.8 Å². The van der Waals surface area contributed by atoms with Gasteiger partial charge in [-0.1, -0.05) is 48.0 Å². The molecule has 156 valence electrons. The van der Waals surface area contributed by atoms with Gasteiger partial charge in [-0.25, -0.2) is 4.39 Å². The van der Waals surface area contributed by atoms with Crippen molar-refractivity contribution in [2.45, 2.75) is 26.2 Å². The fourth-order valence-corrected chi connectivity index (χ4v) is 3.96. The van der Waals surface area contributed by atoms with E-state index in [1.165, 1.54) is 6.07 Å². The molecule has 3 amide bonds. The number of hydrogen-bond acceptors (Lipinski definition) is 4. The summed E-state index contributed by atoms with van der Waals surface area (Å²) in [6.45, 7) is 5.37. The summed E-state index contributed by atoms with van der Waals surface area (Å²) in [5, 5.41) is 2.33. The van der Waals surface area contributed by atoms with Gasteiger partial charge in [-0.05, 0) is 50.2 Å². The number of aryl methyl sites for hydroxylation is 1. The molecule has 0 radical (unpaired) electrons. The number of benzene rings is 2. The van der Waals surface area contributed by atoms with E-state index < -0.39 is 11.2 Å². The van der Waals surface area contributed by atoms with Crippen LogP contribution in [0, 0.1) is 12.7 Å². The van der Waals surface area contributed by atoms with E-state index >= 15 is 0 Å². The Morgan fingerprint density at radius 1 is 1.13 bits per heavy atom. The second-order valence-electron chi connectivity index (χ2n) is 7.60. The molecule has 2 aromatic rings. The van der Waals surface area contributed by atoms with E-state index in [0.717, 1.165) is 27.8 Å². The summed E-state index contributed by atoms with van der Waals surface area (Å²) < 4.78 is 14.1. The minimum Gasteiger partial charge on any atom is -0.354 e. The molecular weight excluding hydrogens is 403 g/mol. The normalized spacial score (nSPS) is 15.7. The van der Waals surface area contributed by atoms with E-state index in [4.69, 9.17) is 0 Å². The Hall–Kier alpha value is -2.93. The SMILES string of the molecule is Cc1ccc(/C=C2\SC(=O)N(CCNC(=O)C(C)(C)c3ccccc3F)C2=O)cc1. The average Bonchev–Trinajstić information content (AvgIpc) is 2.97. The Morgan fingerprint density at radius 3 is 2.47 bits per heavy atom. The van der Waals surface area contributed by atoms with E-state index in [-0.39, 0.29) is 35.7 Å². The molecule has 0 aromatic heterocycles. The van der Waals surface area contributed by atoms with Crippen molar-refractivity contribution < 1.29 is 18.8 Å². The van der Waals surface area contributed by atoms with Gasteiger partial charge in [0.1, 0.15) is 5.82 Å². The van der Waals surface area contributed by atoms with Crippen LogP contribution in [0.5, 0.6) is 0 Å². The maximum absolute atomic E-state index is 14.1. The molecule has 2 aromatic carbocycles. The fourth-order valence-electron chi connectivity index (χ4n) is 3.10. The highest BCUT2D eigenvalue weighted by Gasteiger charge is 2.36. The molecule has 3 rings (SSSR count). The lowest BCUT2D eigenvalue weighted by molar-refractivity contribution is -0.127. The molecule has 0 saturated carbocycles. The van der Waals surface area contributed by atoms with E-state index in [1.54, 1.807) is 38.1 Å². The molecule has 5 nitrogen and oxygen atoms in total. The highest BCUT2D eigenvalue weighted by atomic mass is 32.2. The third-order valence-electron chi connectivity index (χ3n) is 4.98. The first-order valence-corrected chi connectivity index (χ1v) is 10.4. The molecule has 0 atom stereocenters. The van der Waals surface area contributed by atoms with Gasteiger partial charge in [0.25, 0.3) is 11.1 Å². The van der Waals surface area contributed by atoms with Gasteiger partial charge in [-0.15, -0.1) is 0 Å². The molecule has 1 aliphatic rings. The number of nitrogens with zero attached hydrogens (tertiary/aromatic N) is 1. The van der Waals surface area contributed by atoms with Crippen LogP contribution in [0.15, 0.2) is 53.4 Å². The van der Waals surface area contributed by atoms with Crippen LogP contribution in [-0.2, 0) is 15.0 Å². The predicted octanol–water partition coefficient (Wildman–Crippen LogP) is 4.26. The Morgan fingerprint density at radius 2 is 1.80 bits per heavy atom. The number of rotatable bonds is 6. The number of halogens is 1. The van der Waals surface area contributed by atoms with Gasteiger partial charge in [0, 0.05) is 18.7 Å². The predicted molar refractivity (Wildman–Crippen MR) is 116 cm³/mol. The van der Waals surface area contributed by atoms with Gasteiger partial charge in [-0.2, -0.15) is 0 Å². The molecule has 0 bridgehead atoms. The van der Waals surface area contributed by atoms with Crippen LogP contribution in [-0.4, -0.2) is 35.0 Å². The number of amides is 3. The molecule has 1 fully saturated rings. The smallest absolute Gasteiger partial charge is 0.293 e. The third-order valence-corrected chi connectivity index (χ3v) is 5.89. The van der Waals surface area contributed by atoms with Crippen LogP contribution < -0.4 is 5.32 Å². The van der Waals surface area contributed by atoms with Crippen molar-refractivity contribution in [3.63, 3.8) is 0 Å². The van der Waals surface area contributed by atoms with Crippen molar-refractivity contribution in [2.24, 2.45) is 0 Å². The summed E-state index contributed by atoms with van der Waals surface area (Å²) in [5.74, 6) is -1.22. The largest absolute Gasteiger partial charge is 0.354 e. The number of hydrogen-bond donors (Lipinski definition) is 1. The first kappa shape index (κ1) is 21.8. The number of carbonyl (C=O) groups is 3. The Labute approximate surface area is 179 Å². The van der Waals surface area contributed by atoms with Gasteiger partial charge in [0.2, 0.25) is 5.91 Å². The number of carbonyl (C=O) groups excluding carboxylic acids is 3. The van der Waals surface area contributed by atoms with Gasteiger partial charge < -0.3 is 5.32 Å². The van der Waals surface area contributed by atoms with E-state index in [1.807, 2.05) is 31.2 Å². The number of nitrogens with one attached hydrogen (secondary N) is 1. The lowest BCUT2D eigenvalue weighted by Crippen LogP contribution is -2.44. The molecule has 1 saturated heterocycles. The molecule has 0 spiro atoms. The van der Waals surface area contributed by atoms with Gasteiger partial charge >= 0.3 is 0 Å². The van der Waals surface area contributed by atoms with Crippen LogP contribution in [0.2, 0.25) is 0 Å². The molecule has 0 unspecified atom stereocenters. The lowest BCUT2D eigenvalue weighted by atomic mass is 9.83. The minimum atomic E-state index is -1.09. The van der Waals surface area contributed by atoms with Crippen molar-refractivity contribution in [1.29, 1.82) is 0 Å². The number of imide groups is 1. The first-order chi connectivity index (χ1) is 14.2. The highest BCUT2D eigenvalue weighted by Crippen LogP contribution is 2.32. The Kier molecular flexibility index (Phi) is 6.41. The molecule has 1 aliphatic heterocycles. The third kappa shape index (κ3) is 4.62. The van der Waals surface area contributed by atoms with E-state index in [0.29, 0.717) is 4.91 Å². The van der Waals surface area contributed by atoms with Crippen LogP contribution in [0.25, 0.3) is 6.08 Å². The average molecular weight is 427 g/mol. The van der Waals surface area contributed by atoms with Crippen molar-refractivity contribution in [2.75, 3.05) is 13.1 Å². The summed E-state index contributed by atoms with van der Waals surface area (Å²) in [7, 11) is 0. The molecule has 1 heterocycles. The molecule has 1 N–H and O–H groups in total. The Bertz CT molecular complexity index is 1020. The van der Waals surface area contributed by atoms with Gasteiger partial charge in [0.05, 0.1) is 10.3 Å². The summed E-state index contributed by atoms with van der Waals surface area (Å²) >= 11 is 0.880. The van der Waals surface area contributed by atoms with Crippen LogP contribution in [0.3, 0.4) is 0 Å². The monoisotopic (exact) mass is 426 g/mol. The highest BCUT2D eigenvalue weighted by molar-refractivity contribution is 8.18. The van der Waals surface area contributed by atoms with Crippen molar-refractivity contribution >= 4 is 34.9 Å². The topological polar surface area (TPSA) is 66.5 Å². The summed E-state index contributed by atoms with van der Waals surface area (Å²) in [6, 6.07) is 13.8. The van der Waals surface area contributed by atoms with Crippen molar-refractivity contribution in [3.8, 4) is 0 Å². The van der Waals surface area contributed by atoms with Crippen LogP contribution >= 0.6 is 11.8 Å². The molecule has 30 heavy (non-hydrogen) atoms. The van der Waals surface area contributed by atoms with Crippen molar-refractivity contribution in [1.82, 2.24) is 10.2 Å². The maximum atomic E-state index is 14.1. The molecular formula is C23H23FN2O3S. The maximum Gasteiger partial charge on any atom is 0.293 e. The standard InChI is InChI=1S/C23H23FN2O3S/c1-15-8-10-16(11-9-15)14-19-20(27)26(22(29)30-19)13-12-25-21(28)23(2,3)17-6-4-5-7-18(17)24/h4-11,14H,12-13H2,1-3H3,(H,25,28)/b19-14-. The van der Waals surface area contributed by atoms with Gasteiger partial charge in [0.15, 0.2) is 0 Å². The summed E-state index contributed by atoms with van der Waals surface area (Å²) in [5.41, 5.74) is 1.14. The zero-order chi connectivity index (χ0) is 21.9. The minimum absolute atomic E-state index is 0.0506. The molecule has 0 aliphatic carbocycles. The number of thioether (sulfide) groups is 1. The van der Waals surface area contributed by atoms with Crippen LogP contribution in [0.1, 0.15) is 30.5 Å². The second kappa shape index (κ2) is 8.83. The summed E-state index contributed by atoms with van der Waals surface area (Å²) in [6.07, 6.45) is 1.68. The zero-order valence-corrected chi connectivity index (χ0v) is 17.9. The quantitative estimate of drug-likeness (QED) is 0.701. The second-order valence-corrected chi connectivity index (χ2v) is 8.60. The molecule has 7 heteroatoms. The van der Waals surface area contributed by atoms with E-state index in [2.05, 4.69) is 5.32 Å². The van der Waals surface area contributed by atoms with Crippen LogP contribution in [0.4, 0.5) is 9.18 Å². The first-order valence-electron chi connectivity index (χ1n) is 9.55. The Balaban J connectivity index is 1.61. The lowest BCUT2D eigenvalue weighted by Gasteiger charge is -2.25. The zero-order valence-electron chi connectivity index (χ0n) is 17.1.